The molecule has 2 aromatic rings. The third-order valence-electron chi connectivity index (χ3n) is 4.76. The number of fused-ring (bicyclic) bond motifs is 1. The third-order valence-corrected chi connectivity index (χ3v) is 4.76. The van der Waals surface area contributed by atoms with Gasteiger partial charge in [-0.05, 0) is 37.3 Å². The zero-order chi connectivity index (χ0) is 16.4. The number of hydrogen-bond acceptors (Lipinski definition) is 3. The molecular formula is C18H23N3O2. The first kappa shape index (κ1) is 15.7. The maximum absolute atomic E-state index is 12.1. The van der Waals surface area contributed by atoms with Crippen LogP contribution in [0.5, 0.6) is 0 Å². The van der Waals surface area contributed by atoms with Gasteiger partial charge in [0, 0.05) is 18.4 Å². The summed E-state index contributed by atoms with van der Waals surface area (Å²) >= 11 is 0. The minimum Gasteiger partial charge on any atom is -0.350 e. The molecule has 0 spiro atoms. The van der Waals surface area contributed by atoms with Gasteiger partial charge in [-0.15, -0.1) is 0 Å². The Morgan fingerprint density at radius 3 is 2.78 bits per heavy atom. The number of para-hydroxylation sites is 1. The van der Waals surface area contributed by atoms with Crippen LogP contribution in [0.2, 0.25) is 0 Å². The summed E-state index contributed by atoms with van der Waals surface area (Å²) in [5.41, 5.74) is 0.617. The lowest BCUT2D eigenvalue weighted by Gasteiger charge is -2.21. The first-order valence-corrected chi connectivity index (χ1v) is 8.29. The molecule has 1 amide bonds. The lowest BCUT2D eigenvalue weighted by Crippen LogP contribution is -2.40. The van der Waals surface area contributed by atoms with E-state index in [2.05, 4.69) is 29.1 Å². The van der Waals surface area contributed by atoms with Crippen molar-refractivity contribution in [3.63, 3.8) is 0 Å². The number of rotatable bonds is 6. The number of nitrogens with one attached hydrogen (secondary N) is 2. The van der Waals surface area contributed by atoms with Crippen molar-refractivity contribution < 1.29 is 4.79 Å². The van der Waals surface area contributed by atoms with Crippen molar-refractivity contribution >= 4 is 16.8 Å². The normalized spacial score (nSPS) is 15.8. The first-order valence-electron chi connectivity index (χ1n) is 8.29. The van der Waals surface area contributed by atoms with Gasteiger partial charge in [0.15, 0.2) is 0 Å². The molecule has 5 heteroatoms. The van der Waals surface area contributed by atoms with Gasteiger partial charge in [0.1, 0.15) is 5.82 Å². The third kappa shape index (κ3) is 3.44. The second-order valence-corrected chi connectivity index (χ2v) is 6.74. The number of carbonyl (C=O) groups excluding carboxylic acids is 1. The van der Waals surface area contributed by atoms with E-state index in [0.29, 0.717) is 41.9 Å². The Balaban J connectivity index is 1.57. The summed E-state index contributed by atoms with van der Waals surface area (Å²) in [4.78, 5) is 31.3. The van der Waals surface area contributed by atoms with Crippen molar-refractivity contribution in [2.45, 2.75) is 51.5 Å². The molecule has 1 saturated carbocycles. The SMILES string of the molecule is CC(C)C1(NC(=O)CCCc2nc3ccccc3c(=O)[nH]2)CC1. The number of aryl methyl sites for hydroxylation is 1. The van der Waals surface area contributed by atoms with E-state index in [4.69, 9.17) is 0 Å². The zero-order valence-corrected chi connectivity index (χ0v) is 13.7. The Hall–Kier alpha value is -2.17. The highest BCUT2D eigenvalue weighted by molar-refractivity contribution is 5.78. The molecule has 0 bridgehead atoms. The fraction of sp³-hybridized carbons (Fsp3) is 0.500. The molecule has 1 fully saturated rings. The monoisotopic (exact) mass is 313 g/mol. The second kappa shape index (κ2) is 6.14. The van der Waals surface area contributed by atoms with E-state index >= 15 is 0 Å². The van der Waals surface area contributed by atoms with Crippen LogP contribution in [-0.2, 0) is 11.2 Å². The molecule has 5 nitrogen and oxygen atoms in total. The largest absolute Gasteiger partial charge is 0.350 e. The highest BCUT2D eigenvalue weighted by atomic mass is 16.1. The summed E-state index contributed by atoms with van der Waals surface area (Å²) in [6.45, 7) is 4.30. The summed E-state index contributed by atoms with van der Waals surface area (Å²) < 4.78 is 0. The topological polar surface area (TPSA) is 74.8 Å². The molecule has 2 N–H and O–H groups in total. The van der Waals surface area contributed by atoms with Crippen molar-refractivity contribution in [2.75, 3.05) is 0 Å². The van der Waals surface area contributed by atoms with E-state index in [1.54, 1.807) is 6.07 Å². The molecule has 1 aliphatic carbocycles. The average Bonchev–Trinajstić information content (AvgIpc) is 3.28. The highest BCUT2D eigenvalue weighted by Gasteiger charge is 2.46. The fourth-order valence-electron chi connectivity index (χ4n) is 2.99. The van der Waals surface area contributed by atoms with Crippen molar-refractivity contribution in [3.05, 3.63) is 40.4 Å². The van der Waals surface area contributed by atoms with Crippen molar-refractivity contribution in [1.29, 1.82) is 0 Å². The van der Waals surface area contributed by atoms with Crippen LogP contribution in [0.4, 0.5) is 0 Å². The number of nitrogens with zero attached hydrogens (tertiary/aromatic N) is 1. The van der Waals surface area contributed by atoms with Gasteiger partial charge in [0.25, 0.3) is 5.56 Å². The van der Waals surface area contributed by atoms with E-state index in [9.17, 15) is 9.59 Å². The number of benzene rings is 1. The summed E-state index contributed by atoms with van der Waals surface area (Å²) in [6.07, 6.45) is 3.90. The Morgan fingerprint density at radius 1 is 1.35 bits per heavy atom. The molecule has 0 saturated heterocycles. The average molecular weight is 313 g/mol. The number of H-pyrrole nitrogens is 1. The number of carbonyl (C=O) groups is 1. The lowest BCUT2D eigenvalue weighted by atomic mass is 10.0. The molecule has 0 aliphatic heterocycles. The van der Waals surface area contributed by atoms with Gasteiger partial charge < -0.3 is 10.3 Å². The van der Waals surface area contributed by atoms with Crippen molar-refractivity contribution in [1.82, 2.24) is 15.3 Å². The molecule has 1 aromatic carbocycles. The first-order chi connectivity index (χ1) is 11.0. The van der Waals surface area contributed by atoms with Crippen LogP contribution in [0.1, 0.15) is 45.4 Å². The Labute approximate surface area is 135 Å². The second-order valence-electron chi connectivity index (χ2n) is 6.74. The van der Waals surface area contributed by atoms with Gasteiger partial charge in [-0.3, -0.25) is 9.59 Å². The van der Waals surface area contributed by atoms with Crippen molar-refractivity contribution in [2.24, 2.45) is 5.92 Å². The van der Waals surface area contributed by atoms with Crippen LogP contribution in [-0.4, -0.2) is 21.4 Å². The molecule has 1 aliphatic rings. The van der Waals surface area contributed by atoms with Crippen LogP contribution in [0, 0.1) is 5.92 Å². The molecule has 23 heavy (non-hydrogen) atoms. The summed E-state index contributed by atoms with van der Waals surface area (Å²) in [6, 6.07) is 7.29. The summed E-state index contributed by atoms with van der Waals surface area (Å²) in [5.74, 6) is 1.22. The Morgan fingerprint density at radius 2 is 2.09 bits per heavy atom. The van der Waals surface area contributed by atoms with E-state index < -0.39 is 0 Å². The number of aromatic amines is 1. The number of hydrogen-bond donors (Lipinski definition) is 2. The molecule has 1 aromatic heterocycles. The molecule has 0 unspecified atom stereocenters. The van der Waals surface area contributed by atoms with Crippen LogP contribution < -0.4 is 10.9 Å². The predicted molar refractivity (Wildman–Crippen MR) is 90.2 cm³/mol. The van der Waals surface area contributed by atoms with E-state index in [0.717, 1.165) is 12.8 Å². The zero-order valence-electron chi connectivity index (χ0n) is 13.7. The highest BCUT2D eigenvalue weighted by Crippen LogP contribution is 2.42. The van der Waals surface area contributed by atoms with E-state index in [1.165, 1.54) is 0 Å². The van der Waals surface area contributed by atoms with Gasteiger partial charge in [-0.2, -0.15) is 0 Å². The minimum atomic E-state index is -0.119. The quantitative estimate of drug-likeness (QED) is 0.860. The van der Waals surface area contributed by atoms with Crippen molar-refractivity contribution in [3.8, 4) is 0 Å². The maximum atomic E-state index is 12.1. The summed E-state index contributed by atoms with van der Waals surface area (Å²) in [7, 11) is 0. The van der Waals surface area contributed by atoms with Gasteiger partial charge in [0.2, 0.25) is 5.91 Å². The standard InChI is InChI=1S/C18H23N3O2/c1-12(2)18(10-11-18)21-16(22)9-5-8-15-19-14-7-4-3-6-13(14)17(23)20-15/h3-4,6-7,12H,5,8-11H2,1-2H3,(H,21,22)(H,19,20,23). The Bertz CT molecular complexity index is 775. The van der Waals surface area contributed by atoms with Crippen LogP contribution >= 0.6 is 0 Å². The van der Waals surface area contributed by atoms with Gasteiger partial charge in [-0.25, -0.2) is 4.98 Å². The smallest absolute Gasteiger partial charge is 0.258 e. The maximum Gasteiger partial charge on any atom is 0.258 e. The predicted octanol–water partition coefficient (Wildman–Crippen LogP) is 2.55. The Kier molecular flexibility index (Phi) is 4.20. The summed E-state index contributed by atoms with van der Waals surface area (Å²) in [5, 5.41) is 3.76. The molecule has 1 heterocycles. The van der Waals surface area contributed by atoms with E-state index in [1.807, 2.05) is 18.2 Å². The number of amides is 1. The molecule has 3 rings (SSSR count). The number of aromatic nitrogens is 2. The van der Waals surface area contributed by atoms with Gasteiger partial charge >= 0.3 is 0 Å². The fourth-order valence-corrected chi connectivity index (χ4v) is 2.99. The van der Waals surface area contributed by atoms with Gasteiger partial charge in [0.05, 0.1) is 10.9 Å². The van der Waals surface area contributed by atoms with Crippen LogP contribution in [0.3, 0.4) is 0 Å². The molecule has 0 atom stereocenters. The minimum absolute atomic E-state index is 0.0343. The molecular weight excluding hydrogens is 290 g/mol. The van der Waals surface area contributed by atoms with Gasteiger partial charge in [-0.1, -0.05) is 26.0 Å². The van der Waals surface area contributed by atoms with Crippen LogP contribution in [0.25, 0.3) is 10.9 Å². The lowest BCUT2D eigenvalue weighted by molar-refractivity contribution is -0.122. The molecule has 122 valence electrons. The van der Waals surface area contributed by atoms with Crippen LogP contribution in [0.15, 0.2) is 29.1 Å². The van der Waals surface area contributed by atoms with E-state index in [-0.39, 0.29) is 17.0 Å². The molecule has 0 radical (unpaired) electrons.